The fraction of sp³-hybridized carbons (Fsp3) is 0.182. The largest absolute Gasteiger partial charge is 0.490 e. The van der Waals surface area contributed by atoms with Crippen molar-refractivity contribution in [3.05, 3.63) is 82.3 Å². The number of fused-ring (bicyclic) bond motifs is 1. The molecule has 0 aliphatic heterocycles. The average Bonchev–Trinajstić information content (AvgIpc) is 2.86. The van der Waals surface area contributed by atoms with Gasteiger partial charge in [0.05, 0.1) is 4.90 Å². The predicted octanol–water partition coefficient (Wildman–Crippen LogP) is 0.553. The molecular formula is C22H21F3N4O8S. The number of benzene rings is 1. The number of pyridine rings is 2. The molecule has 0 saturated carbocycles. The minimum absolute atomic E-state index is 0.0144. The molecule has 1 amide bonds. The summed E-state index contributed by atoms with van der Waals surface area (Å²) in [6.45, 7) is -0.272. The molecule has 12 nitrogen and oxygen atoms in total. The molecule has 1 atom stereocenters. The van der Waals surface area contributed by atoms with Crippen LogP contribution in [0.5, 0.6) is 0 Å². The summed E-state index contributed by atoms with van der Waals surface area (Å²) in [5, 5.41) is 18.8. The first-order valence-electron chi connectivity index (χ1n) is 10.4. The summed E-state index contributed by atoms with van der Waals surface area (Å²) in [7, 11) is -4.10. The van der Waals surface area contributed by atoms with Crippen molar-refractivity contribution in [2.45, 2.75) is 23.7 Å². The number of carbonyl (C=O) groups excluding carboxylic acids is 1. The summed E-state index contributed by atoms with van der Waals surface area (Å²) >= 11 is 0. The SMILES string of the molecule is NCc1ccc2cc(C(=O)NCC(NS(=O)(=O)c3ccccc3)C(=O)O)cc(=O)n2c1.O=C(O)C(F)(F)F. The van der Waals surface area contributed by atoms with Gasteiger partial charge in [0, 0.05) is 36.4 Å². The number of carbonyl (C=O) groups is 3. The van der Waals surface area contributed by atoms with Crippen LogP contribution in [0.2, 0.25) is 0 Å². The lowest BCUT2D eigenvalue weighted by Crippen LogP contribution is -2.48. The highest BCUT2D eigenvalue weighted by molar-refractivity contribution is 7.89. The summed E-state index contributed by atoms with van der Waals surface area (Å²) in [5.74, 6) is -4.94. The van der Waals surface area contributed by atoms with Crippen LogP contribution in [0.3, 0.4) is 0 Å². The number of aliphatic carboxylic acids is 2. The van der Waals surface area contributed by atoms with Crippen LogP contribution >= 0.6 is 0 Å². The van der Waals surface area contributed by atoms with E-state index in [2.05, 4.69) is 5.32 Å². The van der Waals surface area contributed by atoms with Gasteiger partial charge in [0.1, 0.15) is 6.04 Å². The van der Waals surface area contributed by atoms with Crippen molar-refractivity contribution < 1.29 is 46.2 Å². The number of sulfonamides is 1. The van der Waals surface area contributed by atoms with Gasteiger partial charge in [0.15, 0.2) is 0 Å². The minimum Gasteiger partial charge on any atom is -0.480 e. The number of carboxylic acid groups (broad SMARTS) is 2. The topological polar surface area (TPSA) is 197 Å². The van der Waals surface area contributed by atoms with Crippen LogP contribution < -0.4 is 21.3 Å². The Balaban J connectivity index is 0.000000638. The van der Waals surface area contributed by atoms with Crippen molar-refractivity contribution in [3.63, 3.8) is 0 Å². The number of nitrogens with two attached hydrogens (primary N) is 1. The Bertz CT molecular complexity index is 1490. The van der Waals surface area contributed by atoms with Gasteiger partial charge in [-0.3, -0.25) is 18.8 Å². The van der Waals surface area contributed by atoms with Gasteiger partial charge in [-0.2, -0.15) is 17.9 Å². The van der Waals surface area contributed by atoms with Gasteiger partial charge in [0.2, 0.25) is 10.0 Å². The zero-order valence-electron chi connectivity index (χ0n) is 19.2. The molecule has 3 rings (SSSR count). The number of halogens is 3. The molecule has 0 aliphatic carbocycles. The maximum absolute atomic E-state index is 12.5. The van der Waals surface area contributed by atoms with E-state index in [1.807, 2.05) is 4.72 Å². The summed E-state index contributed by atoms with van der Waals surface area (Å²) in [6, 6.07) is 11.6. The quantitative estimate of drug-likeness (QED) is 0.262. The number of alkyl halides is 3. The first kappa shape index (κ1) is 29.9. The molecule has 204 valence electrons. The number of hydrogen-bond donors (Lipinski definition) is 5. The number of hydrogen-bond acceptors (Lipinski definition) is 7. The molecule has 0 aliphatic rings. The maximum atomic E-state index is 12.5. The van der Waals surface area contributed by atoms with E-state index in [9.17, 15) is 41.1 Å². The molecule has 0 bridgehead atoms. The second kappa shape index (κ2) is 12.3. The number of aromatic nitrogens is 1. The van der Waals surface area contributed by atoms with Gasteiger partial charge in [-0.15, -0.1) is 0 Å². The first-order valence-corrected chi connectivity index (χ1v) is 11.9. The van der Waals surface area contributed by atoms with Crippen LogP contribution in [0.25, 0.3) is 5.52 Å². The Morgan fingerprint density at radius 3 is 2.16 bits per heavy atom. The molecule has 6 N–H and O–H groups in total. The van der Waals surface area contributed by atoms with Crippen LogP contribution in [0.15, 0.2) is 70.5 Å². The third kappa shape index (κ3) is 8.12. The average molecular weight is 558 g/mol. The predicted molar refractivity (Wildman–Crippen MR) is 126 cm³/mol. The van der Waals surface area contributed by atoms with Crippen molar-refractivity contribution >= 4 is 33.4 Å². The Kier molecular flexibility index (Phi) is 9.70. The van der Waals surface area contributed by atoms with E-state index >= 15 is 0 Å². The summed E-state index contributed by atoms with van der Waals surface area (Å²) < 4.78 is 59.9. The van der Waals surface area contributed by atoms with Crippen LogP contribution in [0.1, 0.15) is 15.9 Å². The first-order chi connectivity index (χ1) is 17.7. The van der Waals surface area contributed by atoms with E-state index in [4.69, 9.17) is 15.6 Å². The maximum Gasteiger partial charge on any atom is 0.490 e. The van der Waals surface area contributed by atoms with Gasteiger partial charge < -0.3 is 21.3 Å². The van der Waals surface area contributed by atoms with E-state index < -0.39 is 52.2 Å². The number of nitrogens with zero attached hydrogens (tertiary/aromatic N) is 1. The van der Waals surface area contributed by atoms with Gasteiger partial charge >= 0.3 is 18.1 Å². The second-order valence-electron chi connectivity index (χ2n) is 7.46. The van der Waals surface area contributed by atoms with Gasteiger partial charge in [0.25, 0.3) is 11.5 Å². The molecule has 16 heteroatoms. The van der Waals surface area contributed by atoms with E-state index in [-0.39, 0.29) is 17.0 Å². The molecule has 1 aromatic carbocycles. The standard InChI is InChI=1S/C20H20N4O6S.C2HF3O2/c21-10-13-6-7-15-8-14(9-18(25)24(15)12-13)19(26)22-11-17(20(27)28)23-31(29,30)16-4-2-1-3-5-16;3-2(4,5)1(6)7/h1-9,12,17,23H,10-11,21H2,(H,22,26)(H,27,28);(H,6,7). The Hall–Kier alpha value is -4.28. The normalized spacial score (nSPS) is 12.2. The minimum atomic E-state index is -5.08. The molecular weight excluding hydrogens is 537 g/mol. The molecule has 2 aromatic heterocycles. The van der Waals surface area contributed by atoms with Crippen LogP contribution in [0.4, 0.5) is 13.2 Å². The highest BCUT2D eigenvalue weighted by Crippen LogP contribution is 2.13. The number of amides is 1. The summed E-state index contributed by atoms with van der Waals surface area (Å²) in [6.07, 6.45) is -3.52. The second-order valence-corrected chi connectivity index (χ2v) is 9.17. The lowest BCUT2D eigenvalue weighted by molar-refractivity contribution is -0.192. The van der Waals surface area contributed by atoms with Gasteiger partial charge in [-0.1, -0.05) is 24.3 Å². The Labute approximate surface area is 212 Å². The Morgan fingerprint density at radius 1 is 1.03 bits per heavy atom. The fourth-order valence-corrected chi connectivity index (χ4v) is 4.06. The van der Waals surface area contributed by atoms with Crippen LogP contribution in [-0.2, 0) is 26.2 Å². The zero-order chi connectivity index (χ0) is 28.7. The number of nitrogens with one attached hydrogen (secondary N) is 2. The molecule has 0 saturated heterocycles. The molecule has 1 unspecified atom stereocenters. The number of rotatable bonds is 8. The van der Waals surface area contributed by atoms with Crippen LogP contribution in [-0.4, -0.2) is 59.6 Å². The monoisotopic (exact) mass is 558 g/mol. The molecule has 3 aromatic rings. The third-order valence-corrected chi connectivity index (χ3v) is 6.20. The van der Waals surface area contributed by atoms with E-state index in [1.165, 1.54) is 34.7 Å². The van der Waals surface area contributed by atoms with Crippen molar-refractivity contribution in [2.24, 2.45) is 5.73 Å². The molecule has 0 radical (unpaired) electrons. The van der Waals surface area contributed by atoms with Gasteiger partial charge in [-0.05, 0) is 29.8 Å². The zero-order valence-corrected chi connectivity index (χ0v) is 20.0. The van der Waals surface area contributed by atoms with Crippen LogP contribution in [0, 0.1) is 0 Å². The van der Waals surface area contributed by atoms with E-state index in [0.29, 0.717) is 5.52 Å². The van der Waals surface area contributed by atoms with Crippen molar-refractivity contribution in [1.82, 2.24) is 14.4 Å². The fourth-order valence-electron chi connectivity index (χ4n) is 2.85. The third-order valence-electron chi connectivity index (χ3n) is 4.72. The van der Waals surface area contributed by atoms with Crippen molar-refractivity contribution in [2.75, 3.05) is 6.54 Å². The number of carboxylic acids is 2. The Morgan fingerprint density at radius 2 is 1.63 bits per heavy atom. The molecule has 0 fully saturated rings. The lowest BCUT2D eigenvalue weighted by atomic mass is 10.2. The molecule has 0 spiro atoms. The highest BCUT2D eigenvalue weighted by atomic mass is 32.2. The van der Waals surface area contributed by atoms with Crippen molar-refractivity contribution in [1.29, 1.82) is 0 Å². The smallest absolute Gasteiger partial charge is 0.480 e. The molecule has 2 heterocycles. The van der Waals surface area contributed by atoms with E-state index in [0.717, 1.165) is 11.6 Å². The van der Waals surface area contributed by atoms with E-state index in [1.54, 1.807) is 24.4 Å². The van der Waals surface area contributed by atoms with Crippen molar-refractivity contribution in [3.8, 4) is 0 Å². The molecule has 38 heavy (non-hydrogen) atoms. The lowest BCUT2D eigenvalue weighted by Gasteiger charge is -2.16. The van der Waals surface area contributed by atoms with Gasteiger partial charge in [-0.25, -0.2) is 13.2 Å². The summed E-state index contributed by atoms with van der Waals surface area (Å²) in [5.41, 5.74) is 6.31. The highest BCUT2D eigenvalue weighted by Gasteiger charge is 2.38. The summed E-state index contributed by atoms with van der Waals surface area (Å²) in [4.78, 5) is 45.1.